The van der Waals surface area contributed by atoms with Crippen molar-refractivity contribution in [1.29, 1.82) is 0 Å². The molecule has 9 heteroatoms. The zero-order valence-corrected chi connectivity index (χ0v) is 26.2. The molecular weight excluding hydrogens is 528 g/mol. The van der Waals surface area contributed by atoms with Gasteiger partial charge >= 0.3 is 5.97 Å². The van der Waals surface area contributed by atoms with Crippen LogP contribution in [0.2, 0.25) is 0 Å². The molecule has 0 atom stereocenters. The lowest BCUT2D eigenvalue weighted by Crippen LogP contribution is -2.15. The minimum Gasteiger partial charge on any atom is -0.463 e. The van der Waals surface area contributed by atoms with Gasteiger partial charge in [-0.2, -0.15) is 0 Å². The van der Waals surface area contributed by atoms with E-state index >= 15 is 0 Å². The highest BCUT2D eigenvalue weighted by Gasteiger charge is 2.02. The normalized spacial score (nSPS) is 11.6. The van der Waals surface area contributed by atoms with E-state index in [4.69, 9.17) is 38.3 Å². The summed E-state index contributed by atoms with van der Waals surface area (Å²) in [4.78, 5) is 11.8. The smallest absolute Gasteiger partial charge is 0.305 e. The maximum absolute atomic E-state index is 11.8. The standard InChI is InChI=1S/C32H62O9/c1-2-3-4-5-6-7-8-9-10-11-12-13-14-15-16-17-32(34)41-31-30-40-29-28-39-27-26-38-25-24-37-23-22-36-21-20-35-19-18-33/h9-10,33H,2-8,11-31H2,1H3/b10-9-. The average molecular weight is 591 g/mol. The molecule has 0 aromatic rings. The molecule has 0 rings (SSSR count). The lowest BCUT2D eigenvalue weighted by atomic mass is 10.1. The number of hydrogen-bond acceptors (Lipinski definition) is 9. The Balaban J connectivity index is 3.17. The van der Waals surface area contributed by atoms with E-state index in [1.54, 1.807) is 0 Å². The molecule has 9 nitrogen and oxygen atoms in total. The van der Waals surface area contributed by atoms with Crippen molar-refractivity contribution in [2.45, 2.75) is 96.8 Å². The third-order valence-electron chi connectivity index (χ3n) is 6.23. The second-order valence-electron chi connectivity index (χ2n) is 9.95. The predicted molar refractivity (Wildman–Crippen MR) is 162 cm³/mol. The summed E-state index contributed by atoms with van der Waals surface area (Å²) in [6.45, 7) is 8.19. The van der Waals surface area contributed by atoms with Gasteiger partial charge < -0.3 is 38.3 Å². The first-order chi connectivity index (χ1) is 20.3. The van der Waals surface area contributed by atoms with Crippen LogP contribution in [0.1, 0.15) is 96.8 Å². The number of allylic oxidation sites excluding steroid dienone is 2. The highest BCUT2D eigenvalue weighted by molar-refractivity contribution is 5.69. The predicted octanol–water partition coefficient (Wildman–Crippen LogP) is 5.66. The molecule has 0 bridgehead atoms. The highest BCUT2D eigenvalue weighted by atomic mass is 16.6. The second kappa shape index (κ2) is 37.0. The molecule has 0 spiro atoms. The lowest BCUT2D eigenvalue weighted by Gasteiger charge is -2.08. The van der Waals surface area contributed by atoms with Gasteiger partial charge in [0.15, 0.2) is 0 Å². The minimum absolute atomic E-state index is 0.0269. The van der Waals surface area contributed by atoms with Gasteiger partial charge in [0.05, 0.1) is 85.9 Å². The summed E-state index contributed by atoms with van der Waals surface area (Å²) in [5.74, 6) is -0.139. The largest absolute Gasteiger partial charge is 0.463 e. The van der Waals surface area contributed by atoms with Crippen molar-refractivity contribution in [2.75, 3.05) is 92.5 Å². The average Bonchev–Trinajstić information content (AvgIpc) is 2.98. The van der Waals surface area contributed by atoms with Gasteiger partial charge in [-0.3, -0.25) is 4.79 Å². The van der Waals surface area contributed by atoms with Gasteiger partial charge in [-0.25, -0.2) is 0 Å². The Bertz CT molecular complexity index is 531. The van der Waals surface area contributed by atoms with E-state index in [0.29, 0.717) is 85.7 Å². The number of aliphatic hydroxyl groups excluding tert-OH is 1. The van der Waals surface area contributed by atoms with Gasteiger partial charge in [0.25, 0.3) is 0 Å². The summed E-state index contributed by atoms with van der Waals surface area (Å²) in [5, 5.41) is 8.57. The molecule has 0 aliphatic carbocycles. The van der Waals surface area contributed by atoms with Crippen molar-refractivity contribution in [2.24, 2.45) is 0 Å². The molecule has 0 fully saturated rings. The highest BCUT2D eigenvalue weighted by Crippen LogP contribution is 2.10. The van der Waals surface area contributed by atoms with Gasteiger partial charge in [0.2, 0.25) is 0 Å². The van der Waals surface area contributed by atoms with E-state index in [0.717, 1.165) is 12.8 Å². The molecule has 0 saturated carbocycles. The van der Waals surface area contributed by atoms with E-state index in [9.17, 15) is 4.79 Å². The Hall–Kier alpha value is -1.07. The zero-order chi connectivity index (χ0) is 29.7. The molecule has 0 amide bonds. The molecule has 41 heavy (non-hydrogen) atoms. The number of carbonyl (C=O) groups excluding carboxylic acids is 1. The third-order valence-corrected chi connectivity index (χ3v) is 6.23. The summed E-state index contributed by atoms with van der Waals surface area (Å²) < 4.78 is 37.3. The van der Waals surface area contributed by atoms with Crippen LogP contribution in [-0.2, 0) is 38.0 Å². The molecule has 0 aliphatic heterocycles. The van der Waals surface area contributed by atoms with Crippen LogP contribution >= 0.6 is 0 Å². The summed E-state index contributed by atoms with van der Waals surface area (Å²) in [6.07, 6.45) is 21.4. The molecule has 0 saturated heterocycles. The Kier molecular flexibility index (Phi) is 36.0. The van der Waals surface area contributed by atoms with Crippen LogP contribution in [0.5, 0.6) is 0 Å². The second-order valence-corrected chi connectivity index (χ2v) is 9.95. The maximum Gasteiger partial charge on any atom is 0.305 e. The van der Waals surface area contributed by atoms with Gasteiger partial charge in [0.1, 0.15) is 6.61 Å². The molecule has 1 N–H and O–H groups in total. The first-order valence-corrected chi connectivity index (χ1v) is 16.2. The summed E-state index contributed by atoms with van der Waals surface area (Å²) in [6, 6.07) is 0. The topological polar surface area (TPSA) is 102 Å². The number of esters is 1. The Morgan fingerprint density at radius 3 is 1.29 bits per heavy atom. The van der Waals surface area contributed by atoms with Gasteiger partial charge in [-0.1, -0.05) is 70.4 Å². The van der Waals surface area contributed by atoms with E-state index in [1.165, 1.54) is 70.6 Å². The molecule has 0 aliphatic rings. The van der Waals surface area contributed by atoms with Crippen molar-refractivity contribution >= 4 is 5.97 Å². The molecule has 0 unspecified atom stereocenters. The monoisotopic (exact) mass is 590 g/mol. The minimum atomic E-state index is -0.139. The van der Waals surface area contributed by atoms with E-state index in [1.807, 2.05) is 0 Å². The summed E-state index contributed by atoms with van der Waals surface area (Å²) in [5.41, 5.74) is 0. The van der Waals surface area contributed by atoms with Crippen LogP contribution in [-0.4, -0.2) is 104 Å². The molecule has 0 aromatic heterocycles. The molecular formula is C32H62O9. The fourth-order valence-electron chi connectivity index (χ4n) is 3.89. The van der Waals surface area contributed by atoms with Crippen molar-refractivity contribution in [3.05, 3.63) is 12.2 Å². The fourth-order valence-corrected chi connectivity index (χ4v) is 3.89. The number of ether oxygens (including phenoxy) is 7. The Morgan fingerprint density at radius 2 is 0.854 bits per heavy atom. The van der Waals surface area contributed by atoms with Crippen LogP contribution < -0.4 is 0 Å². The molecule has 0 aromatic carbocycles. The van der Waals surface area contributed by atoms with Crippen molar-refractivity contribution in [3.63, 3.8) is 0 Å². The quantitative estimate of drug-likeness (QED) is 0.0569. The van der Waals surface area contributed by atoms with Crippen molar-refractivity contribution in [1.82, 2.24) is 0 Å². The van der Waals surface area contributed by atoms with Crippen LogP contribution in [0.4, 0.5) is 0 Å². The van der Waals surface area contributed by atoms with Crippen molar-refractivity contribution < 1.29 is 43.1 Å². The molecule has 0 radical (unpaired) electrons. The molecule has 244 valence electrons. The third kappa shape index (κ3) is 36.9. The van der Waals surface area contributed by atoms with Crippen LogP contribution in [0.25, 0.3) is 0 Å². The van der Waals surface area contributed by atoms with Gasteiger partial charge in [0, 0.05) is 6.42 Å². The number of aliphatic hydroxyl groups is 1. The van der Waals surface area contributed by atoms with E-state index in [-0.39, 0.29) is 19.2 Å². The first kappa shape index (κ1) is 39.9. The van der Waals surface area contributed by atoms with Crippen LogP contribution in [0, 0.1) is 0 Å². The first-order valence-electron chi connectivity index (χ1n) is 16.2. The number of hydrogen-bond donors (Lipinski definition) is 1. The Labute approximate surface area is 250 Å². The number of unbranched alkanes of at least 4 members (excludes halogenated alkanes) is 11. The van der Waals surface area contributed by atoms with Crippen LogP contribution in [0.15, 0.2) is 12.2 Å². The van der Waals surface area contributed by atoms with Gasteiger partial charge in [-0.15, -0.1) is 0 Å². The zero-order valence-electron chi connectivity index (χ0n) is 26.2. The maximum atomic E-state index is 11.8. The lowest BCUT2D eigenvalue weighted by molar-refractivity contribution is -0.145. The number of carbonyl (C=O) groups is 1. The summed E-state index contributed by atoms with van der Waals surface area (Å²) in [7, 11) is 0. The Morgan fingerprint density at radius 1 is 0.488 bits per heavy atom. The van der Waals surface area contributed by atoms with Crippen molar-refractivity contribution in [3.8, 4) is 0 Å². The molecule has 0 heterocycles. The van der Waals surface area contributed by atoms with E-state index in [2.05, 4.69) is 19.1 Å². The van der Waals surface area contributed by atoms with E-state index < -0.39 is 0 Å². The fraction of sp³-hybridized carbons (Fsp3) is 0.906. The SMILES string of the molecule is CCCCCCCC/C=C\CCCCCCCC(=O)OCCOCCOCCOCCOCCOCCOCCO. The van der Waals surface area contributed by atoms with Gasteiger partial charge in [-0.05, 0) is 32.1 Å². The van der Waals surface area contributed by atoms with Crippen LogP contribution in [0.3, 0.4) is 0 Å². The number of rotatable bonds is 35. The summed E-state index contributed by atoms with van der Waals surface area (Å²) >= 11 is 0.